The SMILES string of the molecule is CC(C)CCC(CCNC1CCOC(C)(C)C1)c1ccc(Cl)cc1. The normalized spacial score (nSPS) is 21.8. The van der Waals surface area contributed by atoms with Crippen molar-refractivity contribution in [2.24, 2.45) is 5.92 Å². The van der Waals surface area contributed by atoms with Gasteiger partial charge in [0.1, 0.15) is 0 Å². The van der Waals surface area contributed by atoms with E-state index in [0.29, 0.717) is 12.0 Å². The number of halogens is 1. The Morgan fingerprint density at radius 1 is 1.17 bits per heavy atom. The zero-order valence-corrected chi connectivity index (χ0v) is 16.5. The van der Waals surface area contributed by atoms with Crippen LogP contribution in [-0.2, 0) is 4.74 Å². The highest BCUT2D eigenvalue weighted by atomic mass is 35.5. The highest BCUT2D eigenvalue weighted by Gasteiger charge is 2.28. The first-order chi connectivity index (χ1) is 11.4. The van der Waals surface area contributed by atoms with Crippen molar-refractivity contribution in [2.45, 2.75) is 77.4 Å². The molecule has 0 radical (unpaired) electrons. The van der Waals surface area contributed by atoms with Gasteiger partial charge < -0.3 is 10.1 Å². The summed E-state index contributed by atoms with van der Waals surface area (Å²) in [5, 5.41) is 4.59. The summed E-state index contributed by atoms with van der Waals surface area (Å²) in [5.41, 5.74) is 1.44. The minimum Gasteiger partial charge on any atom is -0.375 e. The molecule has 2 unspecified atom stereocenters. The smallest absolute Gasteiger partial charge is 0.0641 e. The molecule has 1 heterocycles. The van der Waals surface area contributed by atoms with Crippen LogP contribution in [0.15, 0.2) is 24.3 Å². The molecule has 3 heteroatoms. The molecule has 0 amide bonds. The first-order valence-corrected chi connectivity index (χ1v) is 9.86. The number of ether oxygens (including phenoxy) is 1. The van der Waals surface area contributed by atoms with Gasteiger partial charge in [0.05, 0.1) is 5.60 Å². The van der Waals surface area contributed by atoms with E-state index in [0.717, 1.165) is 36.9 Å². The van der Waals surface area contributed by atoms with Gasteiger partial charge in [0, 0.05) is 17.7 Å². The Morgan fingerprint density at radius 3 is 2.50 bits per heavy atom. The molecule has 1 saturated heterocycles. The molecule has 24 heavy (non-hydrogen) atoms. The van der Waals surface area contributed by atoms with Gasteiger partial charge in [0.2, 0.25) is 0 Å². The van der Waals surface area contributed by atoms with Crippen molar-refractivity contribution in [1.29, 1.82) is 0 Å². The Labute approximate surface area is 153 Å². The predicted molar refractivity (Wildman–Crippen MR) is 104 cm³/mol. The van der Waals surface area contributed by atoms with Crippen molar-refractivity contribution < 1.29 is 4.74 Å². The highest BCUT2D eigenvalue weighted by Crippen LogP contribution is 2.28. The molecular formula is C21H34ClNO. The monoisotopic (exact) mass is 351 g/mol. The predicted octanol–water partition coefficient (Wildman–Crippen LogP) is 5.80. The minimum absolute atomic E-state index is 0.0170. The van der Waals surface area contributed by atoms with E-state index in [1.165, 1.54) is 24.8 Å². The van der Waals surface area contributed by atoms with Crippen LogP contribution in [0.5, 0.6) is 0 Å². The Balaban J connectivity index is 1.87. The molecule has 2 nitrogen and oxygen atoms in total. The van der Waals surface area contributed by atoms with E-state index in [1.807, 2.05) is 12.1 Å². The van der Waals surface area contributed by atoms with Crippen molar-refractivity contribution in [2.75, 3.05) is 13.2 Å². The third-order valence-electron chi connectivity index (χ3n) is 5.06. The van der Waals surface area contributed by atoms with Crippen molar-refractivity contribution in [1.82, 2.24) is 5.32 Å². The van der Waals surface area contributed by atoms with E-state index in [1.54, 1.807) is 0 Å². The maximum Gasteiger partial charge on any atom is 0.0641 e. The van der Waals surface area contributed by atoms with Gasteiger partial charge in [0.25, 0.3) is 0 Å². The van der Waals surface area contributed by atoms with Crippen LogP contribution in [-0.4, -0.2) is 24.8 Å². The second kappa shape index (κ2) is 9.22. The Kier molecular flexibility index (Phi) is 7.59. The Bertz CT molecular complexity index is 483. The van der Waals surface area contributed by atoms with Crippen molar-refractivity contribution in [3.05, 3.63) is 34.9 Å². The number of hydrogen-bond acceptors (Lipinski definition) is 2. The van der Waals surface area contributed by atoms with Crippen LogP contribution < -0.4 is 5.32 Å². The van der Waals surface area contributed by atoms with Crippen LogP contribution in [0.1, 0.15) is 71.3 Å². The number of hydrogen-bond donors (Lipinski definition) is 1. The molecule has 1 aliphatic rings. The summed E-state index contributed by atoms with van der Waals surface area (Å²) >= 11 is 6.05. The van der Waals surface area contributed by atoms with Crippen molar-refractivity contribution >= 4 is 11.6 Å². The molecule has 0 bridgehead atoms. The quantitative estimate of drug-likeness (QED) is 0.639. The third-order valence-corrected chi connectivity index (χ3v) is 5.31. The number of benzene rings is 1. The summed E-state index contributed by atoms with van der Waals surface area (Å²) in [4.78, 5) is 0. The topological polar surface area (TPSA) is 21.3 Å². The minimum atomic E-state index is 0.0170. The number of rotatable bonds is 8. The van der Waals surface area contributed by atoms with Gasteiger partial charge in [-0.3, -0.25) is 0 Å². The molecule has 0 aromatic heterocycles. The molecule has 1 aliphatic heterocycles. The maximum atomic E-state index is 6.05. The van der Waals surface area contributed by atoms with E-state index in [2.05, 4.69) is 45.1 Å². The zero-order chi connectivity index (χ0) is 17.6. The molecule has 0 saturated carbocycles. The van der Waals surface area contributed by atoms with E-state index >= 15 is 0 Å². The van der Waals surface area contributed by atoms with Gasteiger partial charge in [-0.25, -0.2) is 0 Å². The molecule has 1 aromatic rings. The van der Waals surface area contributed by atoms with Gasteiger partial charge >= 0.3 is 0 Å². The lowest BCUT2D eigenvalue weighted by atomic mass is 9.88. The first-order valence-electron chi connectivity index (χ1n) is 9.48. The molecule has 136 valence electrons. The standard InChI is InChI=1S/C21H34ClNO/c1-16(2)5-6-18(17-7-9-19(22)10-8-17)11-13-23-20-12-14-24-21(3,4)15-20/h7-10,16,18,20,23H,5-6,11-15H2,1-4H3. The lowest BCUT2D eigenvalue weighted by Crippen LogP contribution is -2.44. The summed E-state index contributed by atoms with van der Waals surface area (Å²) in [5.74, 6) is 1.37. The molecule has 2 rings (SSSR count). The fraction of sp³-hybridized carbons (Fsp3) is 0.714. The summed E-state index contributed by atoms with van der Waals surface area (Å²) in [6.45, 7) is 11.0. The third kappa shape index (κ3) is 6.74. The maximum absolute atomic E-state index is 6.05. The summed E-state index contributed by atoms with van der Waals surface area (Å²) < 4.78 is 5.82. The van der Waals surface area contributed by atoms with Gasteiger partial charge in [-0.1, -0.05) is 44.0 Å². The average Bonchev–Trinajstić information content (AvgIpc) is 2.50. The van der Waals surface area contributed by atoms with E-state index < -0.39 is 0 Å². The summed E-state index contributed by atoms with van der Waals surface area (Å²) in [6.07, 6.45) is 5.94. The van der Waals surface area contributed by atoms with Gasteiger partial charge in [-0.15, -0.1) is 0 Å². The Hall–Kier alpha value is -0.570. The fourth-order valence-electron chi connectivity index (χ4n) is 3.61. The largest absolute Gasteiger partial charge is 0.375 e. The second-order valence-corrected chi connectivity index (χ2v) is 8.70. The zero-order valence-electron chi connectivity index (χ0n) is 15.8. The average molecular weight is 352 g/mol. The molecular weight excluding hydrogens is 318 g/mol. The van der Waals surface area contributed by atoms with Crippen LogP contribution in [0.25, 0.3) is 0 Å². The van der Waals surface area contributed by atoms with Gasteiger partial charge in [0.15, 0.2) is 0 Å². The van der Waals surface area contributed by atoms with E-state index in [4.69, 9.17) is 16.3 Å². The van der Waals surface area contributed by atoms with Crippen LogP contribution in [0, 0.1) is 5.92 Å². The highest BCUT2D eigenvalue weighted by molar-refractivity contribution is 6.30. The fourth-order valence-corrected chi connectivity index (χ4v) is 3.74. The molecule has 0 spiro atoms. The lowest BCUT2D eigenvalue weighted by molar-refractivity contribution is -0.0628. The number of nitrogens with one attached hydrogen (secondary N) is 1. The lowest BCUT2D eigenvalue weighted by Gasteiger charge is -2.36. The molecule has 1 aromatic carbocycles. The summed E-state index contributed by atoms with van der Waals surface area (Å²) in [7, 11) is 0. The van der Waals surface area contributed by atoms with Gasteiger partial charge in [-0.05, 0) is 75.6 Å². The second-order valence-electron chi connectivity index (χ2n) is 8.26. The van der Waals surface area contributed by atoms with E-state index in [-0.39, 0.29) is 5.60 Å². The van der Waals surface area contributed by atoms with Gasteiger partial charge in [-0.2, -0.15) is 0 Å². The van der Waals surface area contributed by atoms with Crippen molar-refractivity contribution in [3.63, 3.8) is 0 Å². The van der Waals surface area contributed by atoms with Crippen LogP contribution >= 0.6 is 11.6 Å². The van der Waals surface area contributed by atoms with Crippen LogP contribution in [0.3, 0.4) is 0 Å². The molecule has 1 N–H and O–H groups in total. The molecule has 1 fully saturated rings. The molecule has 2 atom stereocenters. The first kappa shape index (κ1) is 19.8. The van der Waals surface area contributed by atoms with Crippen LogP contribution in [0.4, 0.5) is 0 Å². The van der Waals surface area contributed by atoms with Crippen LogP contribution in [0.2, 0.25) is 5.02 Å². The molecule has 0 aliphatic carbocycles. The summed E-state index contributed by atoms with van der Waals surface area (Å²) in [6, 6.07) is 9.03. The van der Waals surface area contributed by atoms with E-state index in [9.17, 15) is 0 Å². The van der Waals surface area contributed by atoms with Crippen molar-refractivity contribution in [3.8, 4) is 0 Å². The Morgan fingerprint density at radius 2 is 1.88 bits per heavy atom.